The van der Waals surface area contributed by atoms with Crippen LogP contribution in [0.2, 0.25) is 0 Å². The number of nitrogens with zero attached hydrogens (tertiary/aromatic N) is 3. The summed E-state index contributed by atoms with van der Waals surface area (Å²) in [5.74, 6) is 1.14. The van der Waals surface area contributed by atoms with Gasteiger partial charge in [0.15, 0.2) is 0 Å². The summed E-state index contributed by atoms with van der Waals surface area (Å²) in [7, 11) is 2.12. The Balaban J connectivity index is 1.48. The summed E-state index contributed by atoms with van der Waals surface area (Å²) in [4.78, 5) is 7.46. The summed E-state index contributed by atoms with van der Waals surface area (Å²) in [5.41, 5.74) is 2.31. The molecule has 112 valence electrons. The average molecular weight is 284 g/mol. The van der Waals surface area contributed by atoms with Gasteiger partial charge < -0.3 is 9.88 Å². The summed E-state index contributed by atoms with van der Waals surface area (Å²) >= 11 is 0. The molecule has 2 aliphatic rings. The highest BCUT2D eigenvalue weighted by Gasteiger charge is 2.34. The van der Waals surface area contributed by atoms with E-state index in [4.69, 9.17) is 4.98 Å². The van der Waals surface area contributed by atoms with Crippen LogP contribution in [0.5, 0.6) is 0 Å². The molecule has 0 amide bonds. The fourth-order valence-corrected chi connectivity index (χ4v) is 3.67. The Morgan fingerprint density at radius 1 is 1.24 bits per heavy atom. The summed E-state index contributed by atoms with van der Waals surface area (Å²) in [6, 6.07) is 10.2. The fraction of sp³-hybridized carbons (Fsp3) is 0.588. The van der Waals surface area contributed by atoms with Crippen molar-refractivity contribution in [1.82, 2.24) is 19.8 Å². The number of imidazole rings is 1. The van der Waals surface area contributed by atoms with E-state index in [2.05, 4.69) is 53.0 Å². The Labute approximate surface area is 126 Å². The molecule has 4 heteroatoms. The third-order valence-electron chi connectivity index (χ3n) is 4.98. The molecule has 1 aromatic heterocycles. The normalized spacial score (nSPS) is 24.8. The van der Waals surface area contributed by atoms with E-state index < -0.39 is 0 Å². The summed E-state index contributed by atoms with van der Waals surface area (Å²) in [5, 5.41) is 3.78. The minimum absolute atomic E-state index is 0.298. The minimum Gasteiger partial charge on any atom is -0.330 e. The molecule has 4 rings (SSSR count). The zero-order chi connectivity index (χ0) is 14.4. The van der Waals surface area contributed by atoms with Crippen LogP contribution in [0.1, 0.15) is 38.1 Å². The average Bonchev–Trinajstić information content (AvgIpc) is 3.15. The predicted octanol–water partition coefficient (Wildman–Crippen LogP) is 2.46. The number of aromatic nitrogens is 2. The van der Waals surface area contributed by atoms with Crippen molar-refractivity contribution in [2.45, 2.75) is 44.3 Å². The minimum atomic E-state index is 0.298. The number of fused-ring (bicyclic) bond motifs is 1. The number of likely N-dealkylation sites (tertiary alicyclic amines) is 1. The first-order valence-electron chi connectivity index (χ1n) is 8.14. The summed E-state index contributed by atoms with van der Waals surface area (Å²) in [6.07, 6.45) is 4.09. The molecule has 2 atom stereocenters. The standard InChI is InChI=1S/C17H24N4/c1-12(18-13-9-10-21(11-13)14-7-8-14)17-19-15-5-3-4-6-16(15)20(17)2/h3-6,12-14,18H,7-11H2,1-2H3. The van der Waals surface area contributed by atoms with Crippen molar-refractivity contribution in [1.29, 1.82) is 0 Å². The van der Waals surface area contributed by atoms with E-state index in [-0.39, 0.29) is 0 Å². The van der Waals surface area contributed by atoms with Crippen LogP contribution < -0.4 is 5.32 Å². The van der Waals surface area contributed by atoms with Gasteiger partial charge in [-0.15, -0.1) is 0 Å². The van der Waals surface area contributed by atoms with Crippen molar-refractivity contribution in [2.24, 2.45) is 7.05 Å². The molecular formula is C17H24N4. The van der Waals surface area contributed by atoms with Crippen LogP contribution in [0.4, 0.5) is 0 Å². The Morgan fingerprint density at radius 3 is 2.81 bits per heavy atom. The van der Waals surface area contributed by atoms with E-state index in [1.54, 1.807) is 0 Å². The van der Waals surface area contributed by atoms with Crippen LogP contribution in [-0.2, 0) is 7.05 Å². The van der Waals surface area contributed by atoms with Crippen LogP contribution in [0.25, 0.3) is 11.0 Å². The van der Waals surface area contributed by atoms with Gasteiger partial charge in [0.25, 0.3) is 0 Å². The smallest absolute Gasteiger partial charge is 0.126 e. The second-order valence-corrected chi connectivity index (χ2v) is 6.62. The number of nitrogens with one attached hydrogen (secondary N) is 1. The number of rotatable bonds is 4. The lowest BCUT2D eigenvalue weighted by Gasteiger charge is -2.20. The Morgan fingerprint density at radius 2 is 2.05 bits per heavy atom. The van der Waals surface area contributed by atoms with Crippen LogP contribution >= 0.6 is 0 Å². The van der Waals surface area contributed by atoms with E-state index in [9.17, 15) is 0 Å². The molecule has 1 N–H and O–H groups in total. The first-order chi connectivity index (χ1) is 10.2. The number of hydrogen-bond donors (Lipinski definition) is 1. The van der Waals surface area contributed by atoms with Crippen LogP contribution in [0, 0.1) is 0 Å². The van der Waals surface area contributed by atoms with Crippen LogP contribution in [0.15, 0.2) is 24.3 Å². The monoisotopic (exact) mass is 284 g/mol. The van der Waals surface area contributed by atoms with Crippen molar-refractivity contribution in [3.8, 4) is 0 Å². The molecule has 2 aromatic rings. The van der Waals surface area contributed by atoms with Crippen molar-refractivity contribution in [3.05, 3.63) is 30.1 Å². The lowest BCUT2D eigenvalue weighted by molar-refractivity contribution is 0.312. The molecule has 2 fully saturated rings. The van der Waals surface area contributed by atoms with Gasteiger partial charge in [0.05, 0.1) is 17.1 Å². The molecule has 2 heterocycles. The van der Waals surface area contributed by atoms with Gasteiger partial charge in [-0.3, -0.25) is 4.90 Å². The highest BCUT2D eigenvalue weighted by Crippen LogP contribution is 2.30. The van der Waals surface area contributed by atoms with Gasteiger partial charge >= 0.3 is 0 Å². The van der Waals surface area contributed by atoms with Crippen molar-refractivity contribution in [2.75, 3.05) is 13.1 Å². The van der Waals surface area contributed by atoms with E-state index in [1.165, 1.54) is 37.9 Å². The molecule has 1 saturated heterocycles. The van der Waals surface area contributed by atoms with Crippen LogP contribution in [-0.4, -0.2) is 39.6 Å². The maximum atomic E-state index is 4.81. The molecule has 1 aromatic carbocycles. The van der Waals surface area contributed by atoms with Gasteiger partial charge in [-0.1, -0.05) is 12.1 Å². The third kappa shape index (κ3) is 2.47. The number of benzene rings is 1. The maximum absolute atomic E-state index is 4.81. The highest BCUT2D eigenvalue weighted by molar-refractivity contribution is 5.75. The third-order valence-corrected chi connectivity index (χ3v) is 4.98. The van der Waals surface area contributed by atoms with Gasteiger partial charge in [-0.2, -0.15) is 0 Å². The molecule has 4 nitrogen and oxygen atoms in total. The fourth-order valence-electron chi connectivity index (χ4n) is 3.67. The first kappa shape index (κ1) is 13.3. The molecule has 1 aliphatic heterocycles. The topological polar surface area (TPSA) is 33.1 Å². The van der Waals surface area contributed by atoms with E-state index in [0.29, 0.717) is 12.1 Å². The SMILES string of the molecule is CC(NC1CCN(C2CC2)C1)c1nc2ccccc2n1C. The quantitative estimate of drug-likeness (QED) is 0.936. The lowest BCUT2D eigenvalue weighted by atomic mass is 10.2. The van der Waals surface area contributed by atoms with Gasteiger partial charge in [0, 0.05) is 32.2 Å². The molecule has 1 saturated carbocycles. The first-order valence-corrected chi connectivity index (χ1v) is 8.14. The van der Waals surface area contributed by atoms with Gasteiger partial charge in [0.2, 0.25) is 0 Å². The second-order valence-electron chi connectivity index (χ2n) is 6.62. The molecule has 2 unspecified atom stereocenters. The maximum Gasteiger partial charge on any atom is 0.126 e. The zero-order valence-corrected chi connectivity index (χ0v) is 12.9. The second kappa shape index (κ2) is 5.11. The van der Waals surface area contributed by atoms with E-state index in [0.717, 1.165) is 17.4 Å². The molecule has 21 heavy (non-hydrogen) atoms. The molecule has 0 spiro atoms. The number of hydrogen-bond acceptors (Lipinski definition) is 3. The van der Waals surface area contributed by atoms with E-state index in [1.807, 2.05) is 0 Å². The van der Waals surface area contributed by atoms with Crippen molar-refractivity contribution in [3.63, 3.8) is 0 Å². The molecular weight excluding hydrogens is 260 g/mol. The Hall–Kier alpha value is -1.39. The highest BCUT2D eigenvalue weighted by atomic mass is 15.2. The zero-order valence-electron chi connectivity index (χ0n) is 12.9. The van der Waals surface area contributed by atoms with Crippen molar-refractivity contribution >= 4 is 11.0 Å². The Kier molecular flexibility index (Phi) is 3.23. The van der Waals surface area contributed by atoms with E-state index >= 15 is 0 Å². The van der Waals surface area contributed by atoms with Gasteiger partial charge in [-0.25, -0.2) is 4.98 Å². The number of para-hydroxylation sites is 2. The Bertz CT molecular complexity index is 643. The van der Waals surface area contributed by atoms with Crippen molar-refractivity contribution < 1.29 is 0 Å². The molecule has 1 aliphatic carbocycles. The predicted molar refractivity (Wildman–Crippen MR) is 85.3 cm³/mol. The summed E-state index contributed by atoms with van der Waals surface area (Å²) < 4.78 is 2.22. The summed E-state index contributed by atoms with van der Waals surface area (Å²) in [6.45, 7) is 4.71. The molecule has 0 bridgehead atoms. The van der Waals surface area contributed by atoms with Crippen LogP contribution in [0.3, 0.4) is 0 Å². The van der Waals surface area contributed by atoms with Gasteiger partial charge in [-0.05, 0) is 38.3 Å². The number of aryl methyl sites for hydroxylation is 1. The van der Waals surface area contributed by atoms with Gasteiger partial charge in [0.1, 0.15) is 5.82 Å². The largest absolute Gasteiger partial charge is 0.330 e. The molecule has 0 radical (unpaired) electrons. The lowest BCUT2D eigenvalue weighted by Crippen LogP contribution is -2.35.